The third-order valence-corrected chi connectivity index (χ3v) is 3.42. The molecule has 1 heterocycles. The highest BCUT2D eigenvalue weighted by molar-refractivity contribution is 5.47. The number of aromatic nitrogens is 2. The van der Waals surface area contributed by atoms with Crippen LogP contribution in [0.3, 0.4) is 0 Å². The van der Waals surface area contributed by atoms with Crippen molar-refractivity contribution in [1.29, 1.82) is 0 Å². The van der Waals surface area contributed by atoms with Crippen LogP contribution in [0.5, 0.6) is 5.75 Å². The first-order valence-electron chi connectivity index (χ1n) is 7.52. The molecule has 0 saturated carbocycles. The second kappa shape index (κ2) is 7.47. The number of aliphatic hydroxyl groups excluding tert-OH is 1. The van der Waals surface area contributed by atoms with Gasteiger partial charge >= 0.3 is 0 Å². The second-order valence-corrected chi connectivity index (χ2v) is 5.07. The van der Waals surface area contributed by atoms with Crippen LogP contribution in [-0.2, 0) is 6.54 Å². The summed E-state index contributed by atoms with van der Waals surface area (Å²) in [7, 11) is 0. The summed E-state index contributed by atoms with van der Waals surface area (Å²) in [6.07, 6.45) is 3.69. The van der Waals surface area contributed by atoms with E-state index in [0.717, 1.165) is 23.7 Å². The van der Waals surface area contributed by atoms with Crippen LogP contribution in [0.15, 0.2) is 67.0 Å². The van der Waals surface area contributed by atoms with Crippen LogP contribution in [0.4, 0.5) is 5.69 Å². The van der Waals surface area contributed by atoms with Crippen molar-refractivity contribution in [2.75, 3.05) is 18.5 Å². The number of anilines is 1. The summed E-state index contributed by atoms with van der Waals surface area (Å²) in [5.41, 5.74) is 3.27. The molecule has 118 valence electrons. The van der Waals surface area contributed by atoms with E-state index in [4.69, 9.17) is 9.84 Å². The zero-order valence-corrected chi connectivity index (χ0v) is 12.7. The number of hydrogen-bond acceptors (Lipinski definition) is 4. The van der Waals surface area contributed by atoms with Gasteiger partial charge in [0, 0.05) is 24.6 Å². The van der Waals surface area contributed by atoms with Crippen molar-refractivity contribution in [2.24, 2.45) is 0 Å². The van der Waals surface area contributed by atoms with Crippen molar-refractivity contribution in [2.45, 2.75) is 6.54 Å². The Kier molecular flexibility index (Phi) is 4.91. The van der Waals surface area contributed by atoms with Crippen LogP contribution in [0.2, 0.25) is 0 Å². The number of hydrogen-bond donors (Lipinski definition) is 2. The molecule has 0 amide bonds. The summed E-state index contributed by atoms with van der Waals surface area (Å²) >= 11 is 0. The lowest BCUT2D eigenvalue weighted by molar-refractivity contribution is 0.201. The molecule has 0 aliphatic carbocycles. The Bertz CT molecular complexity index is 707. The fraction of sp³-hybridized carbons (Fsp3) is 0.167. The minimum atomic E-state index is 0.0223. The fourth-order valence-corrected chi connectivity index (χ4v) is 2.22. The van der Waals surface area contributed by atoms with Gasteiger partial charge in [-0.15, -0.1) is 0 Å². The first-order valence-corrected chi connectivity index (χ1v) is 7.52. The van der Waals surface area contributed by atoms with E-state index < -0.39 is 0 Å². The number of benzene rings is 2. The Hall–Kier alpha value is -2.79. The number of aliphatic hydroxyl groups is 1. The van der Waals surface area contributed by atoms with Gasteiger partial charge in [-0.3, -0.25) is 0 Å². The summed E-state index contributed by atoms with van der Waals surface area (Å²) in [6, 6.07) is 17.9. The van der Waals surface area contributed by atoms with Gasteiger partial charge in [-0.1, -0.05) is 12.1 Å². The second-order valence-electron chi connectivity index (χ2n) is 5.07. The molecule has 0 aliphatic heterocycles. The van der Waals surface area contributed by atoms with Gasteiger partial charge in [-0.2, -0.15) is 5.10 Å². The third-order valence-electron chi connectivity index (χ3n) is 3.42. The standard InChI is InChI=1S/C18H19N3O2/c22-12-13-23-18-8-4-16(5-9-18)19-14-15-2-6-17(7-3-15)21-11-1-10-20-21/h1-11,19,22H,12-14H2. The van der Waals surface area contributed by atoms with Crippen LogP contribution in [0.1, 0.15) is 5.56 Å². The van der Waals surface area contributed by atoms with E-state index >= 15 is 0 Å². The number of nitrogens with one attached hydrogen (secondary N) is 1. The van der Waals surface area contributed by atoms with E-state index in [1.165, 1.54) is 5.56 Å². The molecular weight excluding hydrogens is 290 g/mol. The zero-order chi connectivity index (χ0) is 15.9. The molecule has 0 radical (unpaired) electrons. The summed E-state index contributed by atoms with van der Waals surface area (Å²) < 4.78 is 7.17. The lowest BCUT2D eigenvalue weighted by Crippen LogP contribution is -2.02. The monoisotopic (exact) mass is 309 g/mol. The van der Waals surface area contributed by atoms with Crippen molar-refractivity contribution in [3.8, 4) is 11.4 Å². The molecular formula is C18H19N3O2. The molecule has 0 saturated heterocycles. The van der Waals surface area contributed by atoms with E-state index in [1.54, 1.807) is 6.20 Å². The highest BCUT2D eigenvalue weighted by atomic mass is 16.5. The van der Waals surface area contributed by atoms with Crippen molar-refractivity contribution in [3.05, 3.63) is 72.6 Å². The Morgan fingerprint density at radius 1 is 1.04 bits per heavy atom. The molecule has 23 heavy (non-hydrogen) atoms. The Balaban J connectivity index is 1.55. The van der Waals surface area contributed by atoms with Gasteiger partial charge in [0.25, 0.3) is 0 Å². The molecule has 2 aromatic carbocycles. The molecule has 0 bridgehead atoms. The average molecular weight is 309 g/mol. The van der Waals surface area contributed by atoms with E-state index in [9.17, 15) is 0 Å². The van der Waals surface area contributed by atoms with Crippen molar-refractivity contribution in [1.82, 2.24) is 9.78 Å². The first-order chi connectivity index (χ1) is 11.3. The quantitative estimate of drug-likeness (QED) is 0.704. The molecule has 5 heteroatoms. The van der Waals surface area contributed by atoms with Crippen LogP contribution < -0.4 is 10.1 Å². The van der Waals surface area contributed by atoms with E-state index in [2.05, 4.69) is 34.7 Å². The summed E-state index contributed by atoms with van der Waals surface area (Å²) in [5, 5.41) is 16.3. The highest BCUT2D eigenvalue weighted by Gasteiger charge is 1.99. The lowest BCUT2D eigenvalue weighted by Gasteiger charge is -2.09. The maximum absolute atomic E-state index is 8.73. The van der Waals surface area contributed by atoms with E-state index in [-0.39, 0.29) is 6.61 Å². The average Bonchev–Trinajstić information content (AvgIpc) is 3.14. The van der Waals surface area contributed by atoms with Crippen LogP contribution in [0, 0.1) is 0 Å². The molecule has 0 unspecified atom stereocenters. The number of nitrogens with zero attached hydrogens (tertiary/aromatic N) is 2. The van der Waals surface area contributed by atoms with Crippen molar-refractivity contribution >= 4 is 5.69 Å². The van der Waals surface area contributed by atoms with Gasteiger partial charge in [0.05, 0.1) is 12.3 Å². The molecule has 5 nitrogen and oxygen atoms in total. The molecule has 0 spiro atoms. The van der Waals surface area contributed by atoms with Gasteiger partial charge in [-0.05, 0) is 48.0 Å². The van der Waals surface area contributed by atoms with Crippen LogP contribution >= 0.6 is 0 Å². The van der Waals surface area contributed by atoms with Crippen molar-refractivity contribution in [3.63, 3.8) is 0 Å². The Labute approximate surface area is 135 Å². The van der Waals surface area contributed by atoms with Gasteiger partial charge in [0.2, 0.25) is 0 Å². The molecule has 0 aliphatic rings. The van der Waals surface area contributed by atoms with Gasteiger partial charge in [0.1, 0.15) is 12.4 Å². The summed E-state index contributed by atoms with van der Waals surface area (Å²) in [6.45, 7) is 1.08. The fourth-order valence-electron chi connectivity index (χ4n) is 2.22. The predicted octanol–water partition coefficient (Wildman–Crippen LogP) is 2.86. The predicted molar refractivity (Wildman–Crippen MR) is 89.9 cm³/mol. The molecule has 1 aromatic heterocycles. The van der Waals surface area contributed by atoms with E-state index in [0.29, 0.717) is 6.61 Å². The summed E-state index contributed by atoms with van der Waals surface area (Å²) in [5.74, 6) is 0.758. The first kappa shape index (κ1) is 15.1. The van der Waals surface area contributed by atoms with Crippen molar-refractivity contribution < 1.29 is 9.84 Å². The topological polar surface area (TPSA) is 59.3 Å². The Morgan fingerprint density at radius 3 is 2.48 bits per heavy atom. The minimum absolute atomic E-state index is 0.0223. The minimum Gasteiger partial charge on any atom is -0.491 e. The molecule has 0 fully saturated rings. The van der Waals surface area contributed by atoms with E-state index in [1.807, 2.05) is 41.2 Å². The maximum atomic E-state index is 8.73. The SMILES string of the molecule is OCCOc1ccc(NCc2ccc(-n3cccn3)cc2)cc1. The molecule has 3 aromatic rings. The summed E-state index contributed by atoms with van der Waals surface area (Å²) in [4.78, 5) is 0. The molecule has 0 atom stereocenters. The normalized spacial score (nSPS) is 10.5. The van der Waals surface area contributed by atoms with Gasteiger partial charge in [0.15, 0.2) is 0 Å². The zero-order valence-electron chi connectivity index (χ0n) is 12.7. The Morgan fingerprint density at radius 2 is 1.83 bits per heavy atom. The van der Waals surface area contributed by atoms with Gasteiger partial charge < -0.3 is 15.2 Å². The highest BCUT2D eigenvalue weighted by Crippen LogP contribution is 2.17. The third kappa shape index (κ3) is 4.11. The van der Waals surface area contributed by atoms with Crippen LogP contribution in [0.25, 0.3) is 5.69 Å². The van der Waals surface area contributed by atoms with Gasteiger partial charge in [-0.25, -0.2) is 4.68 Å². The number of rotatable bonds is 7. The smallest absolute Gasteiger partial charge is 0.119 e. The molecule has 2 N–H and O–H groups in total. The maximum Gasteiger partial charge on any atom is 0.119 e. The largest absolute Gasteiger partial charge is 0.491 e. The number of ether oxygens (including phenoxy) is 1. The van der Waals surface area contributed by atoms with Crippen LogP contribution in [-0.4, -0.2) is 28.1 Å². The lowest BCUT2D eigenvalue weighted by atomic mass is 10.2. The molecule has 3 rings (SSSR count).